The number of ether oxygens (including phenoxy) is 2. The van der Waals surface area contributed by atoms with Gasteiger partial charge >= 0.3 is 13.2 Å². The predicted molar refractivity (Wildman–Crippen MR) is 182 cm³/mol. The van der Waals surface area contributed by atoms with Crippen molar-refractivity contribution in [3.63, 3.8) is 0 Å². The fraction of sp³-hybridized carbons (Fsp3) is 0.486. The van der Waals surface area contributed by atoms with Gasteiger partial charge in [0.2, 0.25) is 5.91 Å². The summed E-state index contributed by atoms with van der Waals surface area (Å²) in [7, 11) is 0.878. The molecule has 1 aliphatic carbocycles. The number of likely N-dealkylation sites (tertiary alicyclic amines) is 1. The van der Waals surface area contributed by atoms with Crippen molar-refractivity contribution in [1.82, 2.24) is 10.2 Å². The third-order valence-electron chi connectivity index (χ3n) is 11.3. The minimum atomic E-state index is -0.642. The Morgan fingerprint density at radius 3 is 2.51 bits per heavy atom. The molecular formula is C37H42BN3O6. The third kappa shape index (κ3) is 4.86. The molecule has 10 heteroatoms. The number of benzene rings is 3. The highest BCUT2D eigenvalue weighted by Crippen LogP contribution is 2.50. The molecule has 1 N–H and O–H groups in total. The molecule has 3 aromatic rings. The third-order valence-corrected chi connectivity index (χ3v) is 11.3. The van der Waals surface area contributed by atoms with Crippen LogP contribution in [-0.4, -0.2) is 66.2 Å². The molecule has 5 aliphatic rings. The minimum Gasteiger partial charge on any atom is -0.488 e. The number of alkyl carbamates (subject to hydrolysis) is 1. The zero-order chi connectivity index (χ0) is 33.0. The van der Waals surface area contributed by atoms with Crippen molar-refractivity contribution in [2.24, 2.45) is 16.8 Å². The lowest BCUT2D eigenvalue weighted by atomic mass is 9.77. The smallest absolute Gasteiger partial charge is 0.488 e. The first kappa shape index (κ1) is 30.4. The van der Waals surface area contributed by atoms with Crippen molar-refractivity contribution in [3.05, 3.63) is 53.6 Å². The number of piperidine rings is 1. The molecule has 4 aliphatic heterocycles. The molecule has 4 heterocycles. The maximum absolute atomic E-state index is 13.9. The van der Waals surface area contributed by atoms with Crippen LogP contribution in [0.3, 0.4) is 0 Å². The molecule has 2 saturated heterocycles. The summed E-state index contributed by atoms with van der Waals surface area (Å²) in [5.41, 5.74) is 6.70. The van der Waals surface area contributed by atoms with Crippen molar-refractivity contribution >= 4 is 46.8 Å². The van der Waals surface area contributed by atoms with Crippen LogP contribution in [0.15, 0.2) is 47.5 Å². The number of carbonyl (C=O) groups excluding carboxylic acids is 2. The summed E-state index contributed by atoms with van der Waals surface area (Å²) in [5.74, 6) is 1.21. The fourth-order valence-corrected chi connectivity index (χ4v) is 7.79. The van der Waals surface area contributed by atoms with Crippen molar-refractivity contribution in [3.8, 4) is 16.9 Å². The summed E-state index contributed by atoms with van der Waals surface area (Å²) in [6, 6.07) is 14.5. The summed E-state index contributed by atoms with van der Waals surface area (Å²) in [4.78, 5) is 33.1. The highest BCUT2D eigenvalue weighted by atomic mass is 16.7. The van der Waals surface area contributed by atoms with Crippen LogP contribution < -0.4 is 15.5 Å². The average molecular weight is 636 g/mol. The number of nitrogens with zero attached hydrogens (tertiary/aromatic N) is 2. The molecule has 3 fully saturated rings. The second kappa shape index (κ2) is 10.6. The van der Waals surface area contributed by atoms with Crippen LogP contribution in [0.2, 0.25) is 0 Å². The van der Waals surface area contributed by atoms with E-state index in [1.807, 2.05) is 18.7 Å². The van der Waals surface area contributed by atoms with Gasteiger partial charge in [-0.25, -0.2) is 4.79 Å². The van der Waals surface area contributed by atoms with Crippen LogP contribution in [0.25, 0.3) is 21.9 Å². The molecule has 3 aromatic carbocycles. The summed E-state index contributed by atoms with van der Waals surface area (Å²) in [6.07, 6.45) is 2.04. The van der Waals surface area contributed by atoms with Crippen LogP contribution in [0.4, 0.5) is 10.5 Å². The van der Waals surface area contributed by atoms with E-state index >= 15 is 0 Å². The number of nitrogens with one attached hydrogen (secondary N) is 1. The van der Waals surface area contributed by atoms with Crippen molar-refractivity contribution in [2.75, 3.05) is 7.11 Å². The lowest BCUT2D eigenvalue weighted by Crippen LogP contribution is -2.55. The van der Waals surface area contributed by atoms with Gasteiger partial charge in [-0.1, -0.05) is 32.0 Å². The van der Waals surface area contributed by atoms with Crippen LogP contribution >= 0.6 is 0 Å². The Morgan fingerprint density at radius 1 is 1.02 bits per heavy atom. The Kier molecular flexibility index (Phi) is 6.84. The van der Waals surface area contributed by atoms with E-state index in [2.05, 4.69) is 75.5 Å². The van der Waals surface area contributed by atoms with Crippen LogP contribution in [0, 0.1) is 11.8 Å². The molecule has 4 atom stereocenters. The first-order chi connectivity index (χ1) is 22.3. The van der Waals surface area contributed by atoms with Gasteiger partial charge in [0, 0.05) is 23.7 Å². The van der Waals surface area contributed by atoms with Crippen LogP contribution in [0.5, 0.6) is 5.75 Å². The molecule has 8 rings (SSSR count). The van der Waals surface area contributed by atoms with E-state index in [0.29, 0.717) is 18.9 Å². The standard InChI is InChI=1S/C37H42BN3O6/c1-19(2)33(40-35(43)44-7)34(42)41-30-14-21(30)15-31(41)29-17-27-25-13-22-18-45-32-16-23(38-46-36(3,4)37(5,6)47-38)9-10-24(32)26(22)12-20(25)8-11-28(27)39-29/h8-13,16,19,21,30-31,33H,14-15,17-18H2,1-7H3,(H,40,43)/t21-,30-,31+,33+/m1/s1. The first-order valence-corrected chi connectivity index (χ1v) is 16.8. The predicted octanol–water partition coefficient (Wildman–Crippen LogP) is 5.70. The van der Waals surface area contributed by atoms with Gasteiger partial charge < -0.3 is 29.0 Å². The maximum Gasteiger partial charge on any atom is 0.494 e. The van der Waals surface area contributed by atoms with Gasteiger partial charge in [-0.15, -0.1) is 0 Å². The van der Waals surface area contributed by atoms with E-state index in [1.54, 1.807) is 0 Å². The number of aliphatic imine (C=N–C) groups is 1. The van der Waals surface area contributed by atoms with E-state index < -0.39 is 30.5 Å². The lowest BCUT2D eigenvalue weighted by Gasteiger charge is -2.33. The lowest BCUT2D eigenvalue weighted by molar-refractivity contribution is -0.135. The molecule has 1 saturated carbocycles. The first-order valence-electron chi connectivity index (χ1n) is 16.8. The quantitative estimate of drug-likeness (QED) is 0.362. The monoisotopic (exact) mass is 635 g/mol. The Hall–Kier alpha value is -3.89. The Bertz CT molecular complexity index is 1850. The molecule has 0 aromatic heterocycles. The van der Waals surface area contributed by atoms with Gasteiger partial charge in [-0.3, -0.25) is 9.79 Å². The molecule has 0 unspecified atom stereocenters. The SMILES string of the molecule is COC(=O)N[C@H](C(=O)N1[C@@H]2C[C@@H]2C[C@H]1C1=Nc2ccc3cc4c(cc3c2C1)COc1cc(B2OC(C)(C)C(C)(C)O2)ccc1-4)C(C)C. The number of carbonyl (C=O) groups is 2. The van der Waals surface area contributed by atoms with Gasteiger partial charge in [-0.2, -0.15) is 0 Å². The summed E-state index contributed by atoms with van der Waals surface area (Å²) in [6.45, 7) is 12.6. The molecule has 9 nitrogen and oxygen atoms in total. The highest BCUT2D eigenvalue weighted by molar-refractivity contribution is 6.62. The molecule has 47 heavy (non-hydrogen) atoms. The van der Waals surface area contributed by atoms with Gasteiger partial charge in [-0.05, 0) is 110 Å². The molecule has 244 valence electrons. The van der Waals surface area contributed by atoms with Gasteiger partial charge in [0.15, 0.2) is 0 Å². The zero-order valence-corrected chi connectivity index (χ0v) is 28.2. The highest BCUT2D eigenvalue weighted by Gasteiger charge is 2.57. The molecule has 0 spiro atoms. The molecule has 2 amide bonds. The topological polar surface area (TPSA) is 98.7 Å². The second-order valence-electron chi connectivity index (χ2n) is 15.1. The van der Waals surface area contributed by atoms with E-state index in [1.165, 1.54) is 23.6 Å². The van der Waals surface area contributed by atoms with Crippen molar-refractivity contribution in [1.29, 1.82) is 0 Å². The fourth-order valence-electron chi connectivity index (χ4n) is 7.79. The van der Waals surface area contributed by atoms with Crippen molar-refractivity contribution < 1.29 is 28.4 Å². The summed E-state index contributed by atoms with van der Waals surface area (Å²) in [5, 5.41) is 5.11. The normalized spacial score (nSPS) is 25.0. The van der Waals surface area contributed by atoms with Gasteiger partial charge in [0.1, 0.15) is 18.4 Å². The molecular weight excluding hydrogens is 593 g/mol. The Balaban J connectivity index is 1.06. The average Bonchev–Trinajstić information content (AvgIpc) is 3.37. The van der Waals surface area contributed by atoms with Gasteiger partial charge in [0.25, 0.3) is 0 Å². The van der Waals surface area contributed by atoms with E-state index in [4.69, 9.17) is 23.8 Å². The molecule has 0 bridgehead atoms. The van der Waals surface area contributed by atoms with Crippen LogP contribution in [0.1, 0.15) is 65.5 Å². The van der Waals surface area contributed by atoms with Crippen LogP contribution in [-0.2, 0) is 31.9 Å². The summed E-state index contributed by atoms with van der Waals surface area (Å²) < 4.78 is 23.8. The number of hydrogen-bond donors (Lipinski definition) is 1. The minimum absolute atomic E-state index is 0.0459. The van der Waals surface area contributed by atoms with Gasteiger partial charge in [0.05, 0.1) is 30.0 Å². The largest absolute Gasteiger partial charge is 0.494 e. The number of hydrogen-bond acceptors (Lipinski definition) is 7. The zero-order valence-electron chi connectivity index (χ0n) is 28.2. The maximum atomic E-state index is 13.9. The molecule has 0 radical (unpaired) electrons. The summed E-state index contributed by atoms with van der Waals surface area (Å²) >= 11 is 0. The Morgan fingerprint density at radius 2 is 1.79 bits per heavy atom. The Labute approximate surface area is 276 Å². The second-order valence-corrected chi connectivity index (χ2v) is 15.1. The number of methoxy groups -OCH3 is 1. The number of amides is 2. The van der Waals surface area contributed by atoms with E-state index in [-0.39, 0.29) is 23.9 Å². The number of rotatable bonds is 5. The number of fused-ring (bicyclic) bond motifs is 7. The van der Waals surface area contributed by atoms with E-state index in [9.17, 15) is 9.59 Å². The van der Waals surface area contributed by atoms with E-state index in [0.717, 1.165) is 52.0 Å². The van der Waals surface area contributed by atoms with Crippen molar-refractivity contribution in [2.45, 2.75) is 96.7 Å².